The summed E-state index contributed by atoms with van der Waals surface area (Å²) in [7, 11) is -8.68. The predicted octanol–water partition coefficient (Wildman–Crippen LogP) is 7.96. The molecule has 4 aromatic rings. The van der Waals surface area contributed by atoms with Gasteiger partial charge in [0.15, 0.2) is 6.54 Å². The van der Waals surface area contributed by atoms with Gasteiger partial charge >= 0.3 is 0 Å². The van der Waals surface area contributed by atoms with E-state index in [1.54, 1.807) is 23.1 Å². The van der Waals surface area contributed by atoms with Gasteiger partial charge in [0, 0.05) is 46.5 Å². The van der Waals surface area contributed by atoms with Crippen LogP contribution in [0, 0.1) is 5.41 Å². The molecule has 49 heavy (non-hydrogen) atoms. The minimum absolute atomic E-state index is 0.0630. The molecular weight excluding hydrogens is 720 g/mol. The molecule has 0 unspecified atom stereocenters. The molecule has 3 aromatic carbocycles. The van der Waals surface area contributed by atoms with Crippen molar-refractivity contribution in [1.29, 1.82) is 0 Å². The van der Waals surface area contributed by atoms with E-state index in [0.717, 1.165) is 66.0 Å². The number of aryl methyl sites for hydroxylation is 1. The lowest BCUT2D eigenvalue weighted by molar-refractivity contribution is -0.668. The standard InChI is InChI=1S/C36H37ClN2O6S4/c1-36(2)23-25(18-26(24-36)20-35-39(15-7-17-49(43,44)45)31-22-29(37)11-13-33(31)47-35)19-34-38(14-6-16-48(40,41)42)30-21-28(10-12-32(30)46-34)27-8-4-3-5-9-27/h3-5,8-13,18-22H,6-7,14-17,23-24H2,1-2H3,(H-,40,41,42,43,44,45)/p-1. The molecule has 1 aliphatic heterocycles. The Labute approximate surface area is 301 Å². The second-order valence-electron chi connectivity index (χ2n) is 13.2. The van der Waals surface area contributed by atoms with Crippen molar-refractivity contribution in [1.82, 2.24) is 0 Å². The van der Waals surface area contributed by atoms with E-state index in [1.165, 1.54) is 0 Å². The predicted molar refractivity (Wildman–Crippen MR) is 198 cm³/mol. The summed E-state index contributed by atoms with van der Waals surface area (Å²) < 4.78 is 71.7. The first kappa shape index (κ1) is 35.8. The molecule has 0 fully saturated rings. The Morgan fingerprint density at radius 2 is 1.63 bits per heavy atom. The molecule has 2 aliphatic rings. The van der Waals surface area contributed by atoms with Crippen LogP contribution in [0.15, 0.2) is 100.0 Å². The maximum atomic E-state index is 11.5. The topological polar surface area (TPSA) is 122 Å². The normalized spacial score (nSPS) is 18.0. The van der Waals surface area contributed by atoms with E-state index in [9.17, 15) is 25.9 Å². The number of fused-ring (bicyclic) bond motifs is 2. The van der Waals surface area contributed by atoms with Crippen LogP contribution in [0.2, 0.25) is 5.02 Å². The molecule has 0 saturated carbocycles. The Morgan fingerprint density at radius 3 is 2.37 bits per heavy atom. The summed E-state index contributed by atoms with van der Waals surface area (Å²) in [6.07, 6.45) is 8.55. The van der Waals surface area contributed by atoms with Crippen molar-refractivity contribution in [2.75, 3.05) is 23.0 Å². The Bertz CT molecular complexity index is 2210. The molecule has 0 radical (unpaired) electrons. The summed E-state index contributed by atoms with van der Waals surface area (Å²) in [6.45, 7) is 5.20. The second-order valence-corrected chi connectivity index (χ2v) is 18.8. The van der Waals surface area contributed by atoms with Crippen molar-refractivity contribution in [2.24, 2.45) is 5.41 Å². The number of rotatable bonds is 11. The first-order valence-electron chi connectivity index (χ1n) is 15.9. The van der Waals surface area contributed by atoms with Crippen LogP contribution in [-0.4, -0.2) is 44.0 Å². The van der Waals surface area contributed by atoms with Gasteiger partial charge in [0.1, 0.15) is 4.70 Å². The highest BCUT2D eigenvalue weighted by atomic mass is 35.5. The van der Waals surface area contributed by atoms with E-state index in [2.05, 4.69) is 67.0 Å². The first-order chi connectivity index (χ1) is 23.1. The van der Waals surface area contributed by atoms with Gasteiger partial charge in [0.25, 0.3) is 5.01 Å². The third-order valence-electron chi connectivity index (χ3n) is 8.44. The van der Waals surface area contributed by atoms with Gasteiger partial charge in [-0.15, -0.1) is 0 Å². The zero-order valence-electron chi connectivity index (χ0n) is 27.1. The number of halogens is 1. The Morgan fingerprint density at radius 1 is 0.898 bits per heavy atom. The van der Waals surface area contributed by atoms with E-state index >= 15 is 0 Å². The highest BCUT2D eigenvalue weighted by molar-refractivity contribution is 8.03. The largest absolute Gasteiger partial charge is 0.748 e. The maximum absolute atomic E-state index is 11.5. The molecule has 0 N–H and O–H groups in total. The van der Waals surface area contributed by atoms with Crippen LogP contribution < -0.4 is 9.47 Å². The smallest absolute Gasteiger partial charge is 0.263 e. The second kappa shape index (κ2) is 14.3. The van der Waals surface area contributed by atoms with Crippen LogP contribution in [0.1, 0.15) is 44.5 Å². The highest BCUT2D eigenvalue weighted by Gasteiger charge is 2.30. The van der Waals surface area contributed by atoms with E-state index in [0.29, 0.717) is 18.1 Å². The quantitative estimate of drug-likeness (QED) is 0.112. The summed E-state index contributed by atoms with van der Waals surface area (Å²) in [5, 5.41) is 2.48. The number of thiazole rings is 1. The van der Waals surface area contributed by atoms with Crippen LogP contribution in [0.3, 0.4) is 0 Å². The van der Waals surface area contributed by atoms with Crippen LogP contribution in [-0.2, 0) is 26.8 Å². The fourth-order valence-corrected chi connectivity index (χ4v) is 9.89. The van der Waals surface area contributed by atoms with Gasteiger partial charge in [-0.3, -0.25) is 0 Å². The maximum Gasteiger partial charge on any atom is 0.263 e. The van der Waals surface area contributed by atoms with Crippen LogP contribution in [0.25, 0.3) is 27.4 Å². The number of benzene rings is 3. The van der Waals surface area contributed by atoms with E-state index in [4.69, 9.17) is 11.6 Å². The van der Waals surface area contributed by atoms with E-state index in [1.807, 2.05) is 41.3 Å². The molecule has 0 spiro atoms. The molecule has 0 amide bonds. The van der Waals surface area contributed by atoms with Crippen molar-refractivity contribution in [3.63, 3.8) is 0 Å². The number of anilines is 1. The number of thioether (sulfide) groups is 1. The average Bonchev–Trinajstić information content (AvgIpc) is 3.51. The summed E-state index contributed by atoms with van der Waals surface area (Å²) >= 11 is 9.56. The third-order valence-corrected chi connectivity index (χ3v) is 12.5. The lowest BCUT2D eigenvalue weighted by Crippen LogP contribution is -2.36. The zero-order valence-corrected chi connectivity index (χ0v) is 31.1. The highest BCUT2D eigenvalue weighted by Crippen LogP contribution is 2.49. The van der Waals surface area contributed by atoms with Gasteiger partial charge in [-0.2, -0.15) is 4.57 Å². The fourth-order valence-electron chi connectivity index (χ4n) is 6.47. The zero-order chi connectivity index (χ0) is 35.0. The van der Waals surface area contributed by atoms with Crippen molar-refractivity contribution < 1.29 is 30.5 Å². The van der Waals surface area contributed by atoms with Crippen LogP contribution >= 0.6 is 34.7 Å². The van der Waals surface area contributed by atoms with Gasteiger partial charge in [0.2, 0.25) is 5.52 Å². The Kier molecular flexibility index (Phi) is 10.5. The van der Waals surface area contributed by atoms with Gasteiger partial charge in [-0.25, -0.2) is 16.8 Å². The molecule has 258 valence electrons. The molecule has 13 heteroatoms. The number of aromatic nitrogens is 1. The van der Waals surface area contributed by atoms with Crippen LogP contribution in [0.5, 0.6) is 0 Å². The average molecular weight is 756 g/mol. The summed E-state index contributed by atoms with van der Waals surface area (Å²) in [5.74, 6) is -0.873. The number of hydrogen-bond acceptors (Lipinski definition) is 9. The molecule has 0 bridgehead atoms. The first-order valence-corrected chi connectivity index (χ1v) is 21.1. The number of allylic oxidation sites excluding steroid dienone is 4. The van der Waals surface area contributed by atoms with E-state index < -0.39 is 31.7 Å². The number of nitrogens with zero attached hydrogens (tertiary/aromatic N) is 2. The molecule has 6 rings (SSSR count). The van der Waals surface area contributed by atoms with Crippen molar-refractivity contribution >= 4 is 76.9 Å². The van der Waals surface area contributed by atoms with Gasteiger partial charge in [-0.1, -0.05) is 91.0 Å². The van der Waals surface area contributed by atoms with Crippen LogP contribution in [0.4, 0.5) is 5.69 Å². The number of hydrogen-bond donors (Lipinski definition) is 0. The Balaban J connectivity index is 1.38. The minimum atomic E-state index is -4.35. The monoisotopic (exact) mass is 755 g/mol. The Hall–Kier alpha value is -2.97. The SMILES string of the molecule is CC1(C)CC(/C=C2\Sc3ccc(Cl)cc3N2CCCS(=O)(=O)[O-])=CC(=C/c2sc3ccc(-c4ccccc4)cc3[n+]2CCCS(=O)(=O)[O-])/C1. The molecule has 8 nitrogen and oxygen atoms in total. The molecular formula is C36H36ClN2O6S4-. The van der Waals surface area contributed by atoms with Gasteiger partial charge in [0.05, 0.1) is 31.0 Å². The molecule has 2 heterocycles. The molecule has 1 aromatic heterocycles. The van der Waals surface area contributed by atoms with Crippen molar-refractivity contribution in [2.45, 2.75) is 51.0 Å². The summed E-state index contributed by atoms with van der Waals surface area (Å²) in [6, 6.07) is 22.0. The van der Waals surface area contributed by atoms with Crippen molar-refractivity contribution in [3.8, 4) is 11.1 Å². The summed E-state index contributed by atoms with van der Waals surface area (Å²) in [4.78, 5) is 3.05. The lowest BCUT2D eigenvalue weighted by atomic mass is 9.75. The molecule has 0 atom stereocenters. The minimum Gasteiger partial charge on any atom is -0.748 e. The van der Waals surface area contributed by atoms with E-state index in [-0.39, 0.29) is 18.3 Å². The third kappa shape index (κ3) is 9.23. The molecule has 1 aliphatic carbocycles. The van der Waals surface area contributed by atoms with Crippen molar-refractivity contribution in [3.05, 3.63) is 105 Å². The lowest BCUT2D eigenvalue weighted by Gasteiger charge is -2.31. The molecule has 0 saturated heterocycles. The summed E-state index contributed by atoms with van der Waals surface area (Å²) in [5.41, 5.74) is 6.18. The fraction of sp³-hybridized carbons (Fsp3) is 0.306. The van der Waals surface area contributed by atoms with Gasteiger partial charge in [-0.05, 0) is 77.3 Å². The van der Waals surface area contributed by atoms with Gasteiger partial charge < -0.3 is 14.0 Å².